The quantitative estimate of drug-likeness (QED) is 0.792. The third kappa shape index (κ3) is 2.94. The van der Waals surface area contributed by atoms with Crippen molar-refractivity contribution in [3.8, 4) is 0 Å². The second-order valence-electron chi connectivity index (χ2n) is 6.28. The van der Waals surface area contributed by atoms with Gasteiger partial charge in [-0.05, 0) is 38.4 Å². The largest absolute Gasteiger partial charge is 0.339 e. The monoisotopic (exact) mass is 325 g/mol. The van der Waals surface area contributed by atoms with Crippen LogP contribution in [0.4, 0.5) is 0 Å². The van der Waals surface area contributed by atoms with Crippen molar-refractivity contribution in [2.45, 2.75) is 32.2 Å². The second-order valence-corrected chi connectivity index (χ2v) is 6.28. The number of piperidine rings is 1. The van der Waals surface area contributed by atoms with Crippen molar-refractivity contribution in [1.82, 2.24) is 25.0 Å². The van der Waals surface area contributed by atoms with Crippen LogP contribution in [0.5, 0.6) is 0 Å². The number of para-hydroxylation sites is 1. The molecular formula is C17H19N5O2. The van der Waals surface area contributed by atoms with Crippen molar-refractivity contribution < 1.29 is 4.52 Å². The topological polar surface area (TPSA) is 87.9 Å². The van der Waals surface area contributed by atoms with Gasteiger partial charge in [0.15, 0.2) is 5.82 Å². The number of aromatic nitrogens is 4. The highest BCUT2D eigenvalue weighted by atomic mass is 16.5. The zero-order valence-corrected chi connectivity index (χ0v) is 13.5. The summed E-state index contributed by atoms with van der Waals surface area (Å²) in [5.74, 6) is 2.31. The lowest BCUT2D eigenvalue weighted by molar-refractivity contribution is 0.176. The highest BCUT2D eigenvalue weighted by Crippen LogP contribution is 2.26. The minimum absolute atomic E-state index is 0.0864. The van der Waals surface area contributed by atoms with Crippen LogP contribution < -0.4 is 5.56 Å². The number of H-pyrrole nitrogens is 1. The fourth-order valence-electron chi connectivity index (χ4n) is 3.30. The van der Waals surface area contributed by atoms with Gasteiger partial charge in [-0.2, -0.15) is 4.98 Å². The number of hydrogen-bond acceptors (Lipinski definition) is 6. The van der Waals surface area contributed by atoms with E-state index < -0.39 is 0 Å². The number of aromatic amines is 1. The van der Waals surface area contributed by atoms with Crippen LogP contribution >= 0.6 is 0 Å². The van der Waals surface area contributed by atoms with Crippen LogP contribution in [0.1, 0.15) is 36.3 Å². The maximum absolute atomic E-state index is 12.2. The highest BCUT2D eigenvalue weighted by molar-refractivity contribution is 5.77. The molecule has 124 valence electrons. The minimum atomic E-state index is -0.0864. The van der Waals surface area contributed by atoms with E-state index in [1.165, 1.54) is 0 Å². The summed E-state index contributed by atoms with van der Waals surface area (Å²) < 4.78 is 5.32. The van der Waals surface area contributed by atoms with Gasteiger partial charge in [0.1, 0.15) is 5.82 Å². The summed E-state index contributed by atoms with van der Waals surface area (Å²) in [6.45, 7) is 4.25. The molecule has 3 aromatic rings. The molecule has 4 rings (SSSR count). The molecule has 0 radical (unpaired) electrons. The molecule has 1 N–H and O–H groups in total. The van der Waals surface area contributed by atoms with Crippen LogP contribution in [0.15, 0.2) is 33.6 Å². The van der Waals surface area contributed by atoms with E-state index in [0.29, 0.717) is 29.5 Å². The highest BCUT2D eigenvalue weighted by Gasteiger charge is 2.26. The predicted molar refractivity (Wildman–Crippen MR) is 88.7 cm³/mol. The molecule has 7 heteroatoms. The van der Waals surface area contributed by atoms with E-state index >= 15 is 0 Å². The van der Waals surface area contributed by atoms with E-state index in [2.05, 4.69) is 25.0 Å². The van der Waals surface area contributed by atoms with Crippen LogP contribution in [0.2, 0.25) is 0 Å². The molecule has 0 bridgehead atoms. The Kier molecular flexibility index (Phi) is 3.86. The van der Waals surface area contributed by atoms with E-state index in [4.69, 9.17) is 4.52 Å². The van der Waals surface area contributed by atoms with E-state index in [0.717, 1.165) is 31.4 Å². The molecule has 1 aliphatic rings. The summed E-state index contributed by atoms with van der Waals surface area (Å²) in [5, 5.41) is 4.51. The van der Waals surface area contributed by atoms with Crippen molar-refractivity contribution in [1.29, 1.82) is 0 Å². The first-order chi connectivity index (χ1) is 11.7. The van der Waals surface area contributed by atoms with Crippen molar-refractivity contribution in [2.75, 3.05) is 13.1 Å². The summed E-state index contributed by atoms with van der Waals surface area (Å²) >= 11 is 0. The molecule has 0 aliphatic carbocycles. The number of hydrogen-bond donors (Lipinski definition) is 1. The first kappa shape index (κ1) is 15.0. The van der Waals surface area contributed by atoms with Crippen LogP contribution in [-0.2, 0) is 6.54 Å². The Balaban J connectivity index is 1.53. The van der Waals surface area contributed by atoms with Gasteiger partial charge in [-0.1, -0.05) is 17.3 Å². The van der Waals surface area contributed by atoms with Gasteiger partial charge in [0.25, 0.3) is 5.56 Å². The first-order valence-corrected chi connectivity index (χ1v) is 8.19. The van der Waals surface area contributed by atoms with Crippen LogP contribution in [0, 0.1) is 6.92 Å². The number of fused-ring (bicyclic) bond motifs is 1. The maximum Gasteiger partial charge on any atom is 0.258 e. The molecule has 1 atom stereocenters. The van der Waals surface area contributed by atoms with Crippen LogP contribution in [0.25, 0.3) is 10.9 Å². The van der Waals surface area contributed by atoms with E-state index in [-0.39, 0.29) is 11.5 Å². The third-order valence-electron chi connectivity index (χ3n) is 4.43. The van der Waals surface area contributed by atoms with Gasteiger partial charge in [-0.3, -0.25) is 9.69 Å². The SMILES string of the molecule is Cc1noc(C2CCCN(Cc3nc4ccccc4c(=O)[nH]3)C2)n1. The molecule has 0 amide bonds. The Morgan fingerprint density at radius 2 is 2.21 bits per heavy atom. The van der Waals surface area contributed by atoms with Crippen molar-refractivity contribution in [3.05, 3.63) is 52.2 Å². The Morgan fingerprint density at radius 1 is 1.33 bits per heavy atom. The molecule has 3 heterocycles. The van der Waals surface area contributed by atoms with Gasteiger partial charge in [-0.25, -0.2) is 4.98 Å². The second kappa shape index (κ2) is 6.16. The molecule has 1 aliphatic heterocycles. The fourth-order valence-corrected chi connectivity index (χ4v) is 3.30. The minimum Gasteiger partial charge on any atom is -0.339 e. The molecular weight excluding hydrogens is 306 g/mol. The molecule has 0 spiro atoms. The summed E-state index contributed by atoms with van der Waals surface area (Å²) in [5.41, 5.74) is 0.647. The van der Waals surface area contributed by atoms with Gasteiger partial charge < -0.3 is 9.51 Å². The fraction of sp³-hybridized carbons (Fsp3) is 0.412. The summed E-state index contributed by atoms with van der Waals surface area (Å²) in [7, 11) is 0. The van der Waals surface area contributed by atoms with E-state index in [9.17, 15) is 4.79 Å². The van der Waals surface area contributed by atoms with Crippen molar-refractivity contribution in [3.63, 3.8) is 0 Å². The van der Waals surface area contributed by atoms with Crippen molar-refractivity contribution >= 4 is 10.9 Å². The Hall–Kier alpha value is -2.54. The summed E-state index contributed by atoms with van der Waals surface area (Å²) in [4.78, 5) is 26.3. The number of aryl methyl sites for hydroxylation is 1. The third-order valence-corrected chi connectivity index (χ3v) is 4.43. The van der Waals surface area contributed by atoms with Gasteiger partial charge in [0, 0.05) is 6.54 Å². The zero-order valence-electron chi connectivity index (χ0n) is 13.5. The van der Waals surface area contributed by atoms with Crippen LogP contribution in [0.3, 0.4) is 0 Å². The molecule has 1 fully saturated rings. The molecule has 24 heavy (non-hydrogen) atoms. The maximum atomic E-state index is 12.2. The molecule has 1 aromatic carbocycles. The molecule has 1 unspecified atom stereocenters. The van der Waals surface area contributed by atoms with Gasteiger partial charge in [-0.15, -0.1) is 0 Å². The zero-order chi connectivity index (χ0) is 16.5. The lowest BCUT2D eigenvalue weighted by Crippen LogP contribution is -2.35. The smallest absolute Gasteiger partial charge is 0.258 e. The van der Waals surface area contributed by atoms with E-state index in [1.54, 1.807) is 6.07 Å². The van der Waals surface area contributed by atoms with Crippen LogP contribution in [-0.4, -0.2) is 38.1 Å². The number of benzene rings is 1. The normalized spacial score (nSPS) is 19.0. The lowest BCUT2D eigenvalue weighted by atomic mass is 9.98. The molecule has 7 nitrogen and oxygen atoms in total. The van der Waals surface area contributed by atoms with Gasteiger partial charge in [0.2, 0.25) is 5.89 Å². The number of nitrogens with one attached hydrogen (secondary N) is 1. The van der Waals surface area contributed by atoms with Gasteiger partial charge >= 0.3 is 0 Å². The number of nitrogens with zero attached hydrogens (tertiary/aromatic N) is 4. The standard InChI is InChI=1S/C17H19N5O2/c1-11-18-17(24-21-11)12-5-4-8-22(9-12)10-15-19-14-7-3-2-6-13(14)16(23)20-15/h2-3,6-7,12H,4-5,8-10H2,1H3,(H,19,20,23). The van der Waals surface area contributed by atoms with Crippen molar-refractivity contribution in [2.24, 2.45) is 0 Å². The summed E-state index contributed by atoms with van der Waals surface area (Å²) in [6, 6.07) is 7.40. The average molecular weight is 325 g/mol. The Bertz CT molecular complexity index is 916. The average Bonchev–Trinajstić information content (AvgIpc) is 3.02. The van der Waals surface area contributed by atoms with Gasteiger partial charge in [0.05, 0.1) is 23.4 Å². The molecule has 1 saturated heterocycles. The predicted octanol–water partition coefficient (Wildman–Crippen LogP) is 1.99. The molecule has 0 saturated carbocycles. The molecule has 2 aromatic heterocycles. The lowest BCUT2D eigenvalue weighted by Gasteiger charge is -2.30. The Labute approximate surface area is 138 Å². The number of rotatable bonds is 3. The Morgan fingerprint density at radius 3 is 3.04 bits per heavy atom. The number of likely N-dealkylation sites (tertiary alicyclic amines) is 1. The summed E-state index contributed by atoms with van der Waals surface area (Å²) in [6.07, 6.45) is 2.10. The first-order valence-electron chi connectivity index (χ1n) is 8.19. The van der Waals surface area contributed by atoms with E-state index in [1.807, 2.05) is 25.1 Å².